The predicted molar refractivity (Wildman–Crippen MR) is 80.8 cm³/mol. The third-order valence-corrected chi connectivity index (χ3v) is 6.05. The molecule has 1 atom stereocenters. The van der Waals surface area contributed by atoms with E-state index in [4.69, 9.17) is 4.98 Å². The Bertz CT molecular complexity index is 552. The van der Waals surface area contributed by atoms with Crippen LogP contribution in [0.5, 0.6) is 0 Å². The summed E-state index contributed by atoms with van der Waals surface area (Å²) in [5.74, 6) is 0.718. The molecule has 2 heterocycles. The summed E-state index contributed by atoms with van der Waals surface area (Å²) in [4.78, 5) is 7.54. The minimum absolute atomic E-state index is 0.718. The van der Waals surface area contributed by atoms with Crippen LogP contribution in [0.15, 0.2) is 24.3 Å². The van der Waals surface area contributed by atoms with Crippen LogP contribution in [-0.4, -0.2) is 28.5 Å². The number of nitrogens with zero attached hydrogens (tertiary/aromatic N) is 2. The van der Waals surface area contributed by atoms with Crippen molar-refractivity contribution in [1.82, 2.24) is 9.88 Å². The standard InChI is InChI=1S/C16H20N2S/c1-11-5-4-8-18(11)13-9-12(10-13)16-17-14-6-2-3-7-15(14)19-16/h2-3,6-7,11-13H,4-5,8-10H2,1H3/t11-,12?,13?/m0/s1. The number of benzene rings is 1. The summed E-state index contributed by atoms with van der Waals surface area (Å²) in [5, 5.41) is 1.37. The average molecular weight is 272 g/mol. The van der Waals surface area contributed by atoms with E-state index in [1.54, 1.807) is 0 Å². The Kier molecular flexibility index (Phi) is 2.85. The Morgan fingerprint density at radius 3 is 2.84 bits per heavy atom. The fourth-order valence-electron chi connectivity index (χ4n) is 3.62. The summed E-state index contributed by atoms with van der Waals surface area (Å²) >= 11 is 1.90. The van der Waals surface area contributed by atoms with E-state index < -0.39 is 0 Å². The molecule has 4 rings (SSSR count). The Hall–Kier alpha value is -0.930. The van der Waals surface area contributed by atoms with E-state index in [0.29, 0.717) is 0 Å². The molecule has 1 saturated carbocycles. The molecule has 19 heavy (non-hydrogen) atoms. The van der Waals surface area contributed by atoms with Gasteiger partial charge in [0.05, 0.1) is 15.2 Å². The first-order valence-corrected chi connectivity index (χ1v) is 8.24. The average Bonchev–Trinajstić information content (AvgIpc) is 2.94. The maximum absolute atomic E-state index is 4.81. The summed E-state index contributed by atoms with van der Waals surface area (Å²) in [5.41, 5.74) is 1.18. The van der Waals surface area contributed by atoms with Crippen LogP contribution in [-0.2, 0) is 0 Å². The van der Waals surface area contributed by atoms with E-state index >= 15 is 0 Å². The van der Waals surface area contributed by atoms with Gasteiger partial charge >= 0.3 is 0 Å². The Labute approximate surface area is 118 Å². The van der Waals surface area contributed by atoms with E-state index in [2.05, 4.69) is 36.1 Å². The lowest BCUT2D eigenvalue weighted by Gasteiger charge is -2.42. The SMILES string of the molecule is C[C@H]1CCCN1C1CC(c2nc3ccccc3s2)C1. The van der Waals surface area contributed by atoms with Crippen LogP contribution in [0.2, 0.25) is 0 Å². The van der Waals surface area contributed by atoms with Gasteiger partial charge in [-0.2, -0.15) is 0 Å². The second-order valence-corrected chi connectivity index (χ2v) is 7.13. The fourth-order valence-corrected chi connectivity index (χ4v) is 4.72. The summed E-state index contributed by atoms with van der Waals surface area (Å²) in [6.45, 7) is 3.70. The molecular weight excluding hydrogens is 252 g/mol. The molecule has 1 aliphatic carbocycles. The zero-order valence-corrected chi connectivity index (χ0v) is 12.2. The maximum atomic E-state index is 4.81. The Balaban J connectivity index is 1.47. The summed E-state index contributed by atoms with van der Waals surface area (Å²) in [6.07, 6.45) is 5.43. The van der Waals surface area contributed by atoms with Gasteiger partial charge in [-0.1, -0.05) is 12.1 Å². The molecule has 2 aliphatic rings. The molecule has 1 aliphatic heterocycles. The predicted octanol–water partition coefficient (Wildman–Crippen LogP) is 4.03. The molecular formula is C16H20N2S. The van der Waals surface area contributed by atoms with Crippen molar-refractivity contribution in [2.75, 3.05) is 6.54 Å². The minimum atomic E-state index is 0.718. The number of rotatable bonds is 2. The van der Waals surface area contributed by atoms with Gasteiger partial charge in [0.15, 0.2) is 0 Å². The van der Waals surface area contributed by atoms with Crippen molar-refractivity contribution in [3.63, 3.8) is 0 Å². The van der Waals surface area contributed by atoms with Gasteiger partial charge in [0.1, 0.15) is 0 Å². The van der Waals surface area contributed by atoms with Crippen LogP contribution < -0.4 is 0 Å². The molecule has 1 saturated heterocycles. The quantitative estimate of drug-likeness (QED) is 0.820. The zero-order valence-electron chi connectivity index (χ0n) is 11.4. The van der Waals surface area contributed by atoms with E-state index in [9.17, 15) is 0 Å². The number of hydrogen-bond acceptors (Lipinski definition) is 3. The molecule has 1 aromatic heterocycles. The van der Waals surface area contributed by atoms with Gasteiger partial charge in [0.25, 0.3) is 0 Å². The van der Waals surface area contributed by atoms with Crippen molar-refractivity contribution >= 4 is 21.6 Å². The maximum Gasteiger partial charge on any atom is 0.0970 e. The van der Waals surface area contributed by atoms with Crippen LogP contribution in [0.1, 0.15) is 43.5 Å². The molecule has 3 heteroatoms. The highest BCUT2D eigenvalue weighted by molar-refractivity contribution is 7.18. The van der Waals surface area contributed by atoms with Crippen LogP contribution >= 0.6 is 11.3 Å². The van der Waals surface area contributed by atoms with Crippen molar-refractivity contribution in [3.8, 4) is 0 Å². The number of thiazole rings is 1. The summed E-state index contributed by atoms with van der Waals surface area (Å²) in [7, 11) is 0. The van der Waals surface area contributed by atoms with Gasteiger partial charge in [-0.15, -0.1) is 11.3 Å². The minimum Gasteiger partial charge on any atom is -0.298 e. The Morgan fingerprint density at radius 2 is 2.11 bits per heavy atom. The lowest BCUT2D eigenvalue weighted by Crippen LogP contribution is -2.45. The molecule has 0 radical (unpaired) electrons. The van der Waals surface area contributed by atoms with E-state index in [1.165, 1.54) is 47.5 Å². The van der Waals surface area contributed by atoms with Crippen molar-refractivity contribution < 1.29 is 0 Å². The molecule has 0 unspecified atom stereocenters. The summed E-state index contributed by atoms with van der Waals surface area (Å²) in [6, 6.07) is 10.2. The largest absolute Gasteiger partial charge is 0.298 e. The second kappa shape index (κ2) is 4.57. The number of para-hydroxylation sites is 1. The molecule has 0 bridgehead atoms. The fraction of sp³-hybridized carbons (Fsp3) is 0.562. The zero-order chi connectivity index (χ0) is 12.8. The molecule has 100 valence electrons. The topological polar surface area (TPSA) is 16.1 Å². The molecule has 2 nitrogen and oxygen atoms in total. The van der Waals surface area contributed by atoms with Crippen molar-refractivity contribution in [3.05, 3.63) is 29.3 Å². The third-order valence-electron chi connectivity index (χ3n) is 4.85. The highest BCUT2D eigenvalue weighted by Gasteiger charge is 2.39. The lowest BCUT2D eigenvalue weighted by atomic mass is 9.79. The Morgan fingerprint density at radius 1 is 1.26 bits per heavy atom. The van der Waals surface area contributed by atoms with Gasteiger partial charge in [-0.05, 0) is 51.3 Å². The highest BCUT2D eigenvalue weighted by atomic mass is 32.1. The molecule has 0 spiro atoms. The van der Waals surface area contributed by atoms with Gasteiger partial charge in [-0.3, -0.25) is 4.90 Å². The van der Waals surface area contributed by atoms with Gasteiger partial charge in [0, 0.05) is 18.0 Å². The molecule has 0 N–H and O–H groups in total. The van der Waals surface area contributed by atoms with Crippen LogP contribution in [0, 0.1) is 0 Å². The molecule has 0 amide bonds. The summed E-state index contributed by atoms with van der Waals surface area (Å²) < 4.78 is 1.34. The van der Waals surface area contributed by atoms with Crippen molar-refractivity contribution in [1.29, 1.82) is 0 Å². The molecule has 1 aromatic carbocycles. The monoisotopic (exact) mass is 272 g/mol. The first kappa shape index (κ1) is 11.9. The van der Waals surface area contributed by atoms with E-state index in [1.807, 2.05) is 11.3 Å². The van der Waals surface area contributed by atoms with Crippen LogP contribution in [0.3, 0.4) is 0 Å². The number of likely N-dealkylation sites (tertiary alicyclic amines) is 1. The number of aromatic nitrogens is 1. The third kappa shape index (κ3) is 2.00. The van der Waals surface area contributed by atoms with E-state index in [0.717, 1.165) is 18.0 Å². The number of fused-ring (bicyclic) bond motifs is 1. The van der Waals surface area contributed by atoms with Crippen LogP contribution in [0.4, 0.5) is 0 Å². The van der Waals surface area contributed by atoms with Crippen LogP contribution in [0.25, 0.3) is 10.2 Å². The van der Waals surface area contributed by atoms with Gasteiger partial charge < -0.3 is 0 Å². The lowest BCUT2D eigenvalue weighted by molar-refractivity contribution is 0.103. The normalized spacial score (nSPS) is 31.7. The van der Waals surface area contributed by atoms with Crippen molar-refractivity contribution in [2.24, 2.45) is 0 Å². The van der Waals surface area contributed by atoms with Gasteiger partial charge in [-0.25, -0.2) is 4.98 Å². The van der Waals surface area contributed by atoms with Crippen molar-refractivity contribution in [2.45, 2.75) is 50.6 Å². The first-order valence-electron chi connectivity index (χ1n) is 7.42. The smallest absolute Gasteiger partial charge is 0.0970 e. The second-order valence-electron chi connectivity index (χ2n) is 6.07. The number of hydrogen-bond donors (Lipinski definition) is 0. The molecule has 2 aromatic rings. The molecule has 2 fully saturated rings. The first-order chi connectivity index (χ1) is 9.31. The highest BCUT2D eigenvalue weighted by Crippen LogP contribution is 2.44. The van der Waals surface area contributed by atoms with E-state index in [-0.39, 0.29) is 0 Å². The van der Waals surface area contributed by atoms with Gasteiger partial charge in [0.2, 0.25) is 0 Å².